The number of carbonyl (C=O) groups is 2. The fourth-order valence-electron chi connectivity index (χ4n) is 4.20. The van der Waals surface area contributed by atoms with Crippen molar-refractivity contribution in [2.24, 2.45) is 5.73 Å². The molecular weight excluding hydrogens is 409 g/mol. The van der Waals surface area contributed by atoms with Crippen LogP contribution in [0, 0.1) is 5.82 Å². The van der Waals surface area contributed by atoms with Gasteiger partial charge in [0.2, 0.25) is 0 Å². The van der Waals surface area contributed by atoms with Gasteiger partial charge in [0.15, 0.2) is 0 Å². The number of hydrogen-bond acceptors (Lipinski definition) is 4. The lowest BCUT2D eigenvalue weighted by Crippen LogP contribution is -2.39. The van der Waals surface area contributed by atoms with Gasteiger partial charge in [-0.1, -0.05) is 12.1 Å². The molecule has 1 aliphatic heterocycles. The molecule has 0 radical (unpaired) electrons. The van der Waals surface area contributed by atoms with Crippen LogP contribution in [0.3, 0.4) is 0 Å². The second-order valence-electron chi connectivity index (χ2n) is 8.05. The van der Waals surface area contributed by atoms with Crippen molar-refractivity contribution in [1.82, 2.24) is 9.88 Å². The average molecular weight is 435 g/mol. The Morgan fingerprint density at radius 1 is 1.19 bits per heavy atom. The minimum absolute atomic E-state index is 0.0545. The summed E-state index contributed by atoms with van der Waals surface area (Å²) in [5.41, 5.74) is 8.70. The van der Waals surface area contributed by atoms with Crippen molar-refractivity contribution < 1.29 is 18.7 Å². The molecule has 1 fully saturated rings. The van der Waals surface area contributed by atoms with Crippen LogP contribution in [0.25, 0.3) is 10.9 Å². The van der Waals surface area contributed by atoms with Gasteiger partial charge in [0, 0.05) is 36.6 Å². The molecule has 3 aromatic rings. The first-order valence-electron chi connectivity index (χ1n) is 10.8. The van der Waals surface area contributed by atoms with Gasteiger partial charge >= 0.3 is 0 Å². The zero-order valence-electron chi connectivity index (χ0n) is 18.0. The summed E-state index contributed by atoms with van der Waals surface area (Å²) in [5.74, 6) is -1.18. The molecule has 166 valence electrons. The molecule has 0 saturated carbocycles. The minimum Gasteiger partial charge on any atom is -0.377 e. The van der Waals surface area contributed by atoms with Crippen LogP contribution in [0.15, 0.2) is 48.5 Å². The predicted molar refractivity (Wildman–Crippen MR) is 120 cm³/mol. The standard InChI is InChI=1S/C25H26FN3O3/c1-2-32-15-16-5-7-17(8-6-16)25(31)29-11-3-4-18(14-29)23-21(24(27)30)13-19-12-20(26)9-10-22(19)28-23/h5-10,12-13,18H,2-4,11,14-15H2,1H3,(H2,27,30). The number of ether oxygens (including phenoxy) is 1. The van der Waals surface area contributed by atoms with E-state index in [4.69, 9.17) is 10.5 Å². The highest BCUT2D eigenvalue weighted by molar-refractivity contribution is 5.98. The van der Waals surface area contributed by atoms with Gasteiger partial charge in [-0.25, -0.2) is 4.39 Å². The zero-order chi connectivity index (χ0) is 22.7. The van der Waals surface area contributed by atoms with Gasteiger partial charge in [0.05, 0.1) is 23.4 Å². The van der Waals surface area contributed by atoms with Crippen LogP contribution in [0.4, 0.5) is 4.39 Å². The van der Waals surface area contributed by atoms with Crippen LogP contribution in [-0.4, -0.2) is 41.4 Å². The number of rotatable bonds is 6. The maximum atomic E-state index is 13.6. The maximum absolute atomic E-state index is 13.6. The molecule has 0 bridgehead atoms. The highest BCUT2D eigenvalue weighted by Gasteiger charge is 2.29. The predicted octanol–water partition coefficient (Wildman–Crippen LogP) is 4.03. The van der Waals surface area contributed by atoms with E-state index in [1.807, 2.05) is 31.2 Å². The summed E-state index contributed by atoms with van der Waals surface area (Å²) in [6, 6.07) is 13.3. The molecule has 2 aromatic carbocycles. The summed E-state index contributed by atoms with van der Waals surface area (Å²) in [7, 11) is 0. The largest absolute Gasteiger partial charge is 0.377 e. The lowest BCUT2D eigenvalue weighted by atomic mass is 9.90. The van der Waals surface area contributed by atoms with Crippen LogP contribution in [0.1, 0.15) is 57.7 Å². The number of piperidine rings is 1. The van der Waals surface area contributed by atoms with Gasteiger partial charge in [-0.3, -0.25) is 14.6 Å². The van der Waals surface area contributed by atoms with Gasteiger partial charge in [0.25, 0.3) is 11.8 Å². The topological polar surface area (TPSA) is 85.5 Å². The summed E-state index contributed by atoms with van der Waals surface area (Å²) in [5, 5.41) is 0.526. The van der Waals surface area contributed by atoms with Crippen molar-refractivity contribution in [3.63, 3.8) is 0 Å². The molecule has 6 nitrogen and oxygen atoms in total. The van der Waals surface area contributed by atoms with Crippen LogP contribution in [-0.2, 0) is 11.3 Å². The Labute approximate surface area is 186 Å². The Balaban J connectivity index is 1.58. The quantitative estimate of drug-likeness (QED) is 0.634. The summed E-state index contributed by atoms with van der Waals surface area (Å²) >= 11 is 0. The third-order valence-electron chi connectivity index (χ3n) is 5.84. The summed E-state index contributed by atoms with van der Waals surface area (Å²) < 4.78 is 19.0. The molecule has 1 aliphatic rings. The number of fused-ring (bicyclic) bond motifs is 1. The number of hydrogen-bond donors (Lipinski definition) is 1. The number of nitrogens with two attached hydrogens (primary N) is 1. The van der Waals surface area contributed by atoms with Crippen molar-refractivity contribution in [3.8, 4) is 0 Å². The zero-order valence-corrected chi connectivity index (χ0v) is 18.0. The van der Waals surface area contributed by atoms with Crippen molar-refractivity contribution in [1.29, 1.82) is 0 Å². The maximum Gasteiger partial charge on any atom is 0.253 e. The Morgan fingerprint density at radius 2 is 1.97 bits per heavy atom. The van der Waals surface area contributed by atoms with E-state index in [0.717, 1.165) is 18.4 Å². The summed E-state index contributed by atoms with van der Waals surface area (Å²) in [4.78, 5) is 31.7. The first kappa shape index (κ1) is 21.9. The molecule has 0 spiro atoms. The van der Waals surface area contributed by atoms with Crippen LogP contribution < -0.4 is 5.73 Å². The molecule has 32 heavy (non-hydrogen) atoms. The van der Waals surface area contributed by atoms with Crippen molar-refractivity contribution in [3.05, 3.63) is 76.7 Å². The number of benzene rings is 2. The van der Waals surface area contributed by atoms with Gasteiger partial charge in [-0.05, 0) is 61.7 Å². The molecule has 0 aliphatic carbocycles. The first-order valence-corrected chi connectivity index (χ1v) is 10.8. The van der Waals surface area contributed by atoms with Gasteiger partial charge in [-0.15, -0.1) is 0 Å². The van der Waals surface area contributed by atoms with Gasteiger partial charge < -0.3 is 15.4 Å². The second-order valence-corrected chi connectivity index (χ2v) is 8.05. The van der Waals surface area contributed by atoms with E-state index in [-0.39, 0.29) is 17.4 Å². The number of aromatic nitrogens is 1. The van der Waals surface area contributed by atoms with E-state index >= 15 is 0 Å². The Morgan fingerprint density at radius 3 is 2.69 bits per heavy atom. The van der Waals surface area contributed by atoms with E-state index < -0.39 is 11.7 Å². The Kier molecular flexibility index (Phi) is 6.46. The van der Waals surface area contributed by atoms with Gasteiger partial charge in [-0.2, -0.15) is 0 Å². The SMILES string of the molecule is CCOCc1ccc(C(=O)N2CCCC(c3nc4ccc(F)cc4cc3C(N)=O)C2)cc1. The lowest BCUT2D eigenvalue weighted by Gasteiger charge is -2.33. The monoisotopic (exact) mass is 435 g/mol. The fourth-order valence-corrected chi connectivity index (χ4v) is 4.20. The van der Waals surface area contributed by atoms with E-state index in [9.17, 15) is 14.0 Å². The minimum atomic E-state index is -0.605. The van der Waals surface area contributed by atoms with E-state index in [2.05, 4.69) is 4.98 Å². The average Bonchev–Trinajstić information content (AvgIpc) is 2.81. The molecule has 2 amide bonds. The van der Waals surface area contributed by atoms with Crippen LogP contribution in [0.2, 0.25) is 0 Å². The normalized spacial score (nSPS) is 16.3. The number of primary amides is 1. The number of nitrogens with zero attached hydrogens (tertiary/aromatic N) is 2. The number of likely N-dealkylation sites (tertiary alicyclic amines) is 1. The smallest absolute Gasteiger partial charge is 0.253 e. The highest BCUT2D eigenvalue weighted by atomic mass is 19.1. The molecule has 1 saturated heterocycles. The summed E-state index contributed by atoms with van der Waals surface area (Å²) in [6.07, 6.45) is 1.58. The molecule has 1 aromatic heterocycles. The van der Waals surface area contributed by atoms with Crippen LogP contribution in [0.5, 0.6) is 0 Å². The third kappa shape index (κ3) is 4.62. The number of carbonyl (C=O) groups excluding carboxylic acids is 2. The van der Waals surface area contributed by atoms with E-state index in [1.165, 1.54) is 12.1 Å². The molecule has 1 unspecified atom stereocenters. The van der Waals surface area contributed by atoms with E-state index in [1.54, 1.807) is 17.0 Å². The number of pyridine rings is 1. The molecule has 7 heteroatoms. The number of amides is 2. The number of halogens is 1. The van der Waals surface area contributed by atoms with Crippen molar-refractivity contribution in [2.75, 3.05) is 19.7 Å². The first-order chi connectivity index (χ1) is 15.5. The molecule has 2 N–H and O–H groups in total. The summed E-state index contributed by atoms with van der Waals surface area (Å²) in [6.45, 7) is 4.18. The van der Waals surface area contributed by atoms with Crippen molar-refractivity contribution >= 4 is 22.7 Å². The lowest BCUT2D eigenvalue weighted by molar-refractivity contribution is 0.0705. The Hall–Kier alpha value is -3.32. The van der Waals surface area contributed by atoms with Crippen molar-refractivity contribution in [2.45, 2.75) is 32.3 Å². The fraction of sp³-hybridized carbons (Fsp3) is 0.320. The van der Waals surface area contributed by atoms with E-state index in [0.29, 0.717) is 48.5 Å². The molecule has 4 rings (SSSR count). The Bertz CT molecular complexity index is 1150. The van der Waals surface area contributed by atoms with Crippen LogP contribution >= 0.6 is 0 Å². The highest BCUT2D eigenvalue weighted by Crippen LogP contribution is 2.31. The molecular formula is C25H26FN3O3. The third-order valence-corrected chi connectivity index (χ3v) is 5.84. The molecule has 1 atom stereocenters. The second kappa shape index (κ2) is 9.44. The molecule has 2 heterocycles. The van der Waals surface area contributed by atoms with Gasteiger partial charge in [0.1, 0.15) is 5.82 Å².